The second-order valence-corrected chi connectivity index (χ2v) is 4.72. The molecular weight excluding hydrogens is 263 g/mol. The van der Waals surface area contributed by atoms with Crippen molar-refractivity contribution in [2.75, 3.05) is 7.11 Å². The average molecular weight is 275 g/mol. The minimum absolute atomic E-state index is 0.123. The van der Waals surface area contributed by atoms with E-state index in [-0.39, 0.29) is 28.4 Å². The third kappa shape index (κ3) is 2.89. The van der Waals surface area contributed by atoms with Gasteiger partial charge in [0.25, 0.3) is 5.91 Å². The lowest BCUT2D eigenvalue weighted by atomic mass is 9.89. The molecule has 1 heterocycles. The maximum atomic E-state index is 11.9. The number of nitrogens with zero attached hydrogens (tertiary/aromatic N) is 1. The van der Waals surface area contributed by atoms with Gasteiger partial charge in [0.05, 0.1) is 11.7 Å². The van der Waals surface area contributed by atoms with E-state index in [0.29, 0.717) is 5.56 Å². The average Bonchev–Trinajstić information content (AvgIpc) is 2.22. The molecule has 0 atom stereocenters. The van der Waals surface area contributed by atoms with Crippen LogP contribution in [0.1, 0.15) is 23.2 Å². The fourth-order valence-electron chi connectivity index (χ4n) is 1.72. The summed E-state index contributed by atoms with van der Waals surface area (Å²) in [6.07, 6.45) is 1.92. The van der Waals surface area contributed by atoms with Crippen molar-refractivity contribution in [2.45, 2.75) is 25.0 Å². The highest BCUT2D eigenvalue weighted by Gasteiger charge is 2.30. The lowest BCUT2D eigenvalue weighted by molar-refractivity contribution is 0.0176. The van der Waals surface area contributed by atoms with E-state index >= 15 is 0 Å². The molecule has 1 aliphatic rings. The predicted octanol–water partition coefficient (Wildman–Crippen LogP) is 2.30. The second kappa shape index (κ2) is 5.21. The van der Waals surface area contributed by atoms with Crippen LogP contribution in [0.3, 0.4) is 0 Å². The Kier molecular flexibility index (Phi) is 3.86. The predicted molar refractivity (Wildman–Crippen MR) is 65.5 cm³/mol. The zero-order valence-electron chi connectivity index (χ0n) is 9.24. The first kappa shape index (κ1) is 12.6. The number of carbonyl (C=O) groups is 1. The molecule has 0 aromatic carbocycles. The van der Waals surface area contributed by atoms with Crippen LogP contribution in [-0.2, 0) is 4.74 Å². The Labute approximate surface area is 109 Å². The van der Waals surface area contributed by atoms with Gasteiger partial charge in [0, 0.05) is 13.2 Å². The van der Waals surface area contributed by atoms with Crippen LogP contribution in [0.25, 0.3) is 0 Å². The molecule has 0 aliphatic heterocycles. The van der Waals surface area contributed by atoms with Crippen molar-refractivity contribution in [1.29, 1.82) is 0 Å². The lowest BCUT2D eigenvalue weighted by Gasteiger charge is -2.34. The standard InChI is InChI=1S/C11H12Cl2N2O2/c1-17-7-4-6(5-7)14-11(16)8-2-3-9(12)15-10(8)13/h2-3,6-7H,4-5H2,1H3,(H,14,16). The first-order chi connectivity index (χ1) is 8.10. The minimum Gasteiger partial charge on any atom is -0.381 e. The summed E-state index contributed by atoms with van der Waals surface area (Å²) in [5.41, 5.74) is 0.344. The molecule has 1 saturated carbocycles. The van der Waals surface area contributed by atoms with E-state index < -0.39 is 0 Å². The SMILES string of the molecule is COC1CC(NC(=O)c2ccc(Cl)nc2Cl)C1. The highest BCUT2D eigenvalue weighted by molar-refractivity contribution is 6.34. The Hall–Kier alpha value is -0.840. The van der Waals surface area contributed by atoms with Gasteiger partial charge in [-0.1, -0.05) is 23.2 Å². The summed E-state index contributed by atoms with van der Waals surface area (Å²) in [5, 5.41) is 3.27. The van der Waals surface area contributed by atoms with Crippen molar-refractivity contribution in [2.24, 2.45) is 0 Å². The molecule has 1 aromatic heterocycles. The third-order valence-corrected chi connectivity index (χ3v) is 3.32. The molecule has 1 aromatic rings. The Morgan fingerprint density at radius 2 is 2.18 bits per heavy atom. The molecule has 1 fully saturated rings. The van der Waals surface area contributed by atoms with E-state index in [4.69, 9.17) is 27.9 Å². The second-order valence-electron chi connectivity index (χ2n) is 3.97. The van der Waals surface area contributed by atoms with Crippen molar-refractivity contribution in [3.8, 4) is 0 Å². The molecule has 0 bridgehead atoms. The zero-order chi connectivity index (χ0) is 12.4. The van der Waals surface area contributed by atoms with Crippen LogP contribution in [0, 0.1) is 0 Å². The molecule has 4 nitrogen and oxygen atoms in total. The number of pyridine rings is 1. The number of hydrogen-bond donors (Lipinski definition) is 1. The van der Waals surface area contributed by atoms with Gasteiger partial charge in [-0.3, -0.25) is 4.79 Å². The zero-order valence-corrected chi connectivity index (χ0v) is 10.8. The van der Waals surface area contributed by atoms with Gasteiger partial charge in [-0.2, -0.15) is 0 Å². The van der Waals surface area contributed by atoms with E-state index in [1.807, 2.05) is 0 Å². The lowest BCUT2D eigenvalue weighted by Crippen LogP contribution is -2.47. The number of halogens is 2. The number of ether oxygens (including phenoxy) is 1. The smallest absolute Gasteiger partial charge is 0.254 e. The molecule has 0 spiro atoms. The van der Waals surface area contributed by atoms with E-state index in [0.717, 1.165) is 12.8 Å². The Bertz CT molecular complexity index is 433. The molecule has 92 valence electrons. The van der Waals surface area contributed by atoms with Crippen LogP contribution < -0.4 is 5.32 Å². The number of amides is 1. The molecule has 0 radical (unpaired) electrons. The van der Waals surface area contributed by atoms with E-state index in [1.54, 1.807) is 19.2 Å². The highest BCUT2D eigenvalue weighted by atomic mass is 35.5. The first-order valence-corrected chi connectivity index (χ1v) is 6.01. The Balaban J connectivity index is 1.96. The van der Waals surface area contributed by atoms with Crippen LogP contribution in [0.5, 0.6) is 0 Å². The first-order valence-electron chi connectivity index (χ1n) is 5.26. The van der Waals surface area contributed by atoms with Gasteiger partial charge in [0.1, 0.15) is 10.3 Å². The van der Waals surface area contributed by atoms with E-state index in [2.05, 4.69) is 10.3 Å². The van der Waals surface area contributed by atoms with Crippen LogP contribution >= 0.6 is 23.2 Å². The summed E-state index contributed by atoms with van der Waals surface area (Å²) >= 11 is 11.5. The highest BCUT2D eigenvalue weighted by Crippen LogP contribution is 2.23. The van der Waals surface area contributed by atoms with Gasteiger partial charge >= 0.3 is 0 Å². The minimum atomic E-state index is -0.223. The van der Waals surface area contributed by atoms with Gasteiger partial charge in [-0.25, -0.2) is 4.98 Å². The van der Waals surface area contributed by atoms with Crippen LogP contribution in [0.15, 0.2) is 12.1 Å². The maximum absolute atomic E-state index is 11.9. The van der Waals surface area contributed by atoms with E-state index in [1.165, 1.54) is 0 Å². The molecule has 2 rings (SSSR count). The summed E-state index contributed by atoms with van der Waals surface area (Å²) in [6, 6.07) is 3.26. The summed E-state index contributed by atoms with van der Waals surface area (Å²) in [5.74, 6) is -0.223. The normalized spacial score (nSPS) is 23.0. The van der Waals surface area contributed by atoms with Crippen LogP contribution in [-0.4, -0.2) is 30.1 Å². The van der Waals surface area contributed by atoms with Crippen molar-refractivity contribution >= 4 is 29.1 Å². The fraction of sp³-hybridized carbons (Fsp3) is 0.455. The van der Waals surface area contributed by atoms with Gasteiger partial charge in [0.15, 0.2) is 0 Å². The van der Waals surface area contributed by atoms with Crippen LogP contribution in [0.4, 0.5) is 0 Å². The van der Waals surface area contributed by atoms with E-state index in [9.17, 15) is 4.79 Å². The summed E-state index contributed by atoms with van der Waals surface area (Å²) in [4.78, 5) is 15.7. The molecule has 1 amide bonds. The number of aromatic nitrogens is 1. The van der Waals surface area contributed by atoms with Crippen molar-refractivity contribution in [1.82, 2.24) is 10.3 Å². The van der Waals surface area contributed by atoms with Crippen molar-refractivity contribution < 1.29 is 9.53 Å². The summed E-state index contributed by atoms with van der Waals surface area (Å²) < 4.78 is 5.14. The maximum Gasteiger partial charge on any atom is 0.254 e. The number of nitrogens with one attached hydrogen (secondary N) is 1. The van der Waals surface area contributed by atoms with Gasteiger partial charge in [-0.05, 0) is 25.0 Å². The molecule has 17 heavy (non-hydrogen) atoms. The molecular formula is C11H12Cl2N2O2. The topological polar surface area (TPSA) is 51.2 Å². The molecule has 1 N–H and O–H groups in total. The quantitative estimate of drug-likeness (QED) is 0.861. The number of hydrogen-bond acceptors (Lipinski definition) is 3. The third-order valence-electron chi connectivity index (χ3n) is 2.82. The van der Waals surface area contributed by atoms with Crippen molar-refractivity contribution in [3.05, 3.63) is 28.0 Å². The fourth-order valence-corrected chi connectivity index (χ4v) is 2.15. The van der Waals surface area contributed by atoms with Gasteiger partial charge in [-0.15, -0.1) is 0 Å². The molecule has 0 unspecified atom stereocenters. The Morgan fingerprint density at radius 1 is 1.47 bits per heavy atom. The van der Waals surface area contributed by atoms with Crippen molar-refractivity contribution in [3.63, 3.8) is 0 Å². The summed E-state index contributed by atoms with van der Waals surface area (Å²) in [6.45, 7) is 0. The number of carbonyl (C=O) groups excluding carboxylic acids is 1. The largest absolute Gasteiger partial charge is 0.381 e. The molecule has 0 saturated heterocycles. The number of rotatable bonds is 3. The summed E-state index contributed by atoms with van der Waals surface area (Å²) in [7, 11) is 1.67. The molecule has 1 aliphatic carbocycles. The monoisotopic (exact) mass is 274 g/mol. The van der Waals surface area contributed by atoms with Gasteiger partial charge < -0.3 is 10.1 Å². The number of methoxy groups -OCH3 is 1. The van der Waals surface area contributed by atoms with Gasteiger partial charge in [0.2, 0.25) is 0 Å². The van der Waals surface area contributed by atoms with Crippen LogP contribution in [0.2, 0.25) is 10.3 Å². The molecule has 6 heteroatoms. The Morgan fingerprint density at radius 3 is 2.76 bits per heavy atom.